The fraction of sp³-hybridized carbons (Fsp3) is 0.529. The second-order valence-electron chi connectivity index (χ2n) is 6.50. The molecule has 7 heteroatoms. The number of aliphatic hydroxyl groups is 1. The first-order valence-corrected chi connectivity index (χ1v) is 7.89. The summed E-state index contributed by atoms with van der Waals surface area (Å²) in [5.74, 6) is -3.48. The molecule has 1 amide bonds. The van der Waals surface area contributed by atoms with Crippen molar-refractivity contribution in [2.24, 2.45) is 11.8 Å². The smallest absolute Gasteiger partial charge is 0.306 e. The Kier molecular flexibility index (Phi) is 5.54. The molecular weight excluding hydrogens is 320 g/mol. The predicted molar refractivity (Wildman–Crippen MR) is 82.0 cm³/mol. The van der Waals surface area contributed by atoms with Gasteiger partial charge in [-0.15, -0.1) is 0 Å². The quantitative estimate of drug-likeness (QED) is 0.766. The van der Waals surface area contributed by atoms with Crippen LogP contribution in [0.15, 0.2) is 18.2 Å². The van der Waals surface area contributed by atoms with Gasteiger partial charge in [-0.25, -0.2) is 8.78 Å². The average molecular weight is 341 g/mol. The minimum Gasteiger partial charge on any atom is -0.481 e. The van der Waals surface area contributed by atoms with Gasteiger partial charge in [-0.1, -0.05) is 6.07 Å². The van der Waals surface area contributed by atoms with E-state index >= 15 is 0 Å². The number of aliphatic carboxylic acids is 1. The molecule has 3 N–H and O–H groups in total. The number of hydrogen-bond acceptors (Lipinski definition) is 3. The number of nitrogens with one attached hydrogen (secondary N) is 1. The summed E-state index contributed by atoms with van der Waals surface area (Å²) in [5, 5.41) is 21.9. The van der Waals surface area contributed by atoms with Crippen LogP contribution in [0, 0.1) is 23.5 Å². The Balaban J connectivity index is 1.92. The second kappa shape index (κ2) is 7.25. The molecule has 0 aliphatic heterocycles. The van der Waals surface area contributed by atoms with Gasteiger partial charge in [0.25, 0.3) is 0 Å². The molecule has 24 heavy (non-hydrogen) atoms. The Labute approximate surface area is 138 Å². The lowest BCUT2D eigenvalue weighted by Gasteiger charge is -2.28. The normalized spacial score (nSPS) is 23.3. The molecule has 0 heterocycles. The SMILES string of the molecule is CC(O)(CNC(=O)C1CCC(C(=O)O)CC1)c1ccc(F)cc1F. The Morgan fingerprint density at radius 2 is 1.79 bits per heavy atom. The number of hydrogen-bond donors (Lipinski definition) is 3. The lowest BCUT2D eigenvalue weighted by atomic mass is 9.81. The van der Waals surface area contributed by atoms with Crippen molar-refractivity contribution in [3.8, 4) is 0 Å². The maximum Gasteiger partial charge on any atom is 0.306 e. The number of carbonyl (C=O) groups excluding carboxylic acids is 1. The fourth-order valence-corrected chi connectivity index (χ4v) is 3.03. The maximum absolute atomic E-state index is 13.8. The third-order valence-corrected chi connectivity index (χ3v) is 4.57. The van der Waals surface area contributed by atoms with E-state index in [4.69, 9.17) is 5.11 Å². The van der Waals surface area contributed by atoms with Crippen LogP contribution in [0.25, 0.3) is 0 Å². The Bertz CT molecular complexity index is 625. The van der Waals surface area contributed by atoms with E-state index in [-0.39, 0.29) is 23.9 Å². The zero-order chi connectivity index (χ0) is 17.9. The number of amides is 1. The highest BCUT2D eigenvalue weighted by Gasteiger charge is 2.32. The minimum atomic E-state index is -1.67. The summed E-state index contributed by atoms with van der Waals surface area (Å²) in [6.07, 6.45) is 1.82. The van der Waals surface area contributed by atoms with E-state index in [2.05, 4.69) is 5.32 Å². The Morgan fingerprint density at radius 1 is 1.21 bits per heavy atom. The predicted octanol–water partition coefficient (Wildman–Crippen LogP) is 2.18. The monoisotopic (exact) mass is 341 g/mol. The zero-order valence-corrected chi connectivity index (χ0v) is 13.4. The molecule has 0 saturated heterocycles. The molecule has 1 atom stereocenters. The Morgan fingerprint density at radius 3 is 2.33 bits per heavy atom. The second-order valence-corrected chi connectivity index (χ2v) is 6.50. The summed E-state index contributed by atoms with van der Waals surface area (Å²) in [6, 6.07) is 2.87. The van der Waals surface area contributed by atoms with Crippen molar-refractivity contribution in [2.45, 2.75) is 38.2 Å². The Hall–Kier alpha value is -2.02. The molecule has 0 spiro atoms. The molecule has 132 valence electrons. The summed E-state index contributed by atoms with van der Waals surface area (Å²) in [7, 11) is 0. The first-order chi connectivity index (χ1) is 11.2. The summed E-state index contributed by atoms with van der Waals surface area (Å²) in [4.78, 5) is 23.1. The largest absolute Gasteiger partial charge is 0.481 e. The van der Waals surface area contributed by atoms with Gasteiger partial charge >= 0.3 is 5.97 Å². The maximum atomic E-state index is 13.8. The average Bonchev–Trinajstić information content (AvgIpc) is 2.52. The van der Waals surface area contributed by atoms with Gasteiger partial charge in [-0.05, 0) is 38.7 Å². The topological polar surface area (TPSA) is 86.6 Å². The highest BCUT2D eigenvalue weighted by atomic mass is 19.1. The summed E-state index contributed by atoms with van der Waals surface area (Å²) < 4.78 is 26.7. The lowest BCUT2D eigenvalue weighted by Crippen LogP contribution is -2.42. The van der Waals surface area contributed by atoms with Crippen LogP contribution in [-0.4, -0.2) is 28.6 Å². The van der Waals surface area contributed by atoms with Crippen molar-refractivity contribution in [2.75, 3.05) is 6.54 Å². The highest BCUT2D eigenvalue weighted by Crippen LogP contribution is 2.29. The standard InChI is InChI=1S/C17H21F2NO4/c1-17(24,13-7-6-12(18)8-14(13)19)9-20-15(21)10-2-4-11(5-3-10)16(22)23/h6-8,10-11,24H,2-5,9H2,1H3,(H,20,21)(H,22,23). The van der Waals surface area contributed by atoms with Crippen LogP contribution in [0.4, 0.5) is 8.78 Å². The van der Waals surface area contributed by atoms with Crippen molar-refractivity contribution < 1.29 is 28.6 Å². The van der Waals surface area contributed by atoms with Gasteiger partial charge in [0.2, 0.25) is 5.91 Å². The lowest BCUT2D eigenvalue weighted by molar-refractivity contribution is -0.144. The molecule has 1 saturated carbocycles. The van der Waals surface area contributed by atoms with Crippen molar-refractivity contribution in [3.05, 3.63) is 35.4 Å². The number of carbonyl (C=O) groups is 2. The molecule has 2 rings (SSSR count). The number of halogens is 2. The van der Waals surface area contributed by atoms with Crippen LogP contribution >= 0.6 is 0 Å². The van der Waals surface area contributed by atoms with Crippen molar-refractivity contribution in [3.63, 3.8) is 0 Å². The molecule has 0 radical (unpaired) electrons. The first-order valence-electron chi connectivity index (χ1n) is 7.89. The summed E-state index contributed by atoms with van der Waals surface area (Å²) in [5.41, 5.74) is -1.77. The van der Waals surface area contributed by atoms with Gasteiger partial charge in [0.05, 0.1) is 12.5 Å². The van der Waals surface area contributed by atoms with Gasteiger partial charge in [0.15, 0.2) is 0 Å². The summed E-state index contributed by atoms with van der Waals surface area (Å²) >= 11 is 0. The van der Waals surface area contributed by atoms with Gasteiger partial charge in [-0.2, -0.15) is 0 Å². The number of rotatable bonds is 5. The third-order valence-electron chi connectivity index (χ3n) is 4.57. The van der Waals surface area contributed by atoms with Crippen LogP contribution < -0.4 is 5.32 Å². The van der Waals surface area contributed by atoms with Crippen LogP contribution in [0.1, 0.15) is 38.2 Å². The van der Waals surface area contributed by atoms with Gasteiger partial charge in [0, 0.05) is 17.5 Å². The molecule has 1 fully saturated rings. The minimum absolute atomic E-state index is 0.0983. The molecule has 1 aliphatic rings. The summed E-state index contributed by atoms with van der Waals surface area (Å²) in [6.45, 7) is 1.12. The first kappa shape index (κ1) is 18.3. The van der Waals surface area contributed by atoms with Crippen molar-refractivity contribution in [1.82, 2.24) is 5.32 Å². The van der Waals surface area contributed by atoms with E-state index in [1.165, 1.54) is 6.92 Å². The van der Waals surface area contributed by atoms with E-state index in [1.807, 2.05) is 0 Å². The molecule has 0 bridgehead atoms. The van der Waals surface area contributed by atoms with Crippen molar-refractivity contribution >= 4 is 11.9 Å². The molecule has 0 aromatic heterocycles. The van der Waals surface area contributed by atoms with Crippen LogP contribution in [-0.2, 0) is 15.2 Å². The third kappa shape index (κ3) is 4.29. The molecule has 1 unspecified atom stereocenters. The molecule has 1 aromatic carbocycles. The van der Waals surface area contributed by atoms with Gasteiger partial charge in [0.1, 0.15) is 17.2 Å². The van der Waals surface area contributed by atoms with E-state index in [0.717, 1.165) is 12.1 Å². The number of carboxylic acid groups (broad SMARTS) is 1. The van der Waals surface area contributed by atoms with Crippen LogP contribution in [0.3, 0.4) is 0 Å². The number of benzene rings is 1. The molecular formula is C17H21F2NO4. The van der Waals surface area contributed by atoms with E-state index in [1.54, 1.807) is 0 Å². The molecule has 1 aromatic rings. The van der Waals surface area contributed by atoms with Gasteiger partial charge < -0.3 is 15.5 Å². The van der Waals surface area contributed by atoms with Crippen LogP contribution in [0.5, 0.6) is 0 Å². The highest BCUT2D eigenvalue weighted by molar-refractivity contribution is 5.79. The van der Waals surface area contributed by atoms with Crippen molar-refractivity contribution in [1.29, 1.82) is 0 Å². The van der Waals surface area contributed by atoms with E-state index in [9.17, 15) is 23.5 Å². The van der Waals surface area contributed by atoms with E-state index < -0.39 is 29.1 Å². The zero-order valence-electron chi connectivity index (χ0n) is 13.4. The van der Waals surface area contributed by atoms with Crippen LogP contribution in [0.2, 0.25) is 0 Å². The van der Waals surface area contributed by atoms with E-state index in [0.29, 0.717) is 31.7 Å². The fourth-order valence-electron chi connectivity index (χ4n) is 3.03. The molecule has 1 aliphatic carbocycles. The molecule has 5 nitrogen and oxygen atoms in total. The number of carboxylic acids is 1. The van der Waals surface area contributed by atoms with Gasteiger partial charge in [-0.3, -0.25) is 9.59 Å².